The molecule has 1 fully saturated rings. The summed E-state index contributed by atoms with van der Waals surface area (Å²) < 4.78 is 24.4. The van der Waals surface area contributed by atoms with E-state index in [4.69, 9.17) is 5.11 Å². The Morgan fingerprint density at radius 1 is 1.39 bits per heavy atom. The molecule has 1 saturated heterocycles. The number of aliphatic carboxylic acids is 1. The molecule has 0 saturated carbocycles. The van der Waals surface area contributed by atoms with Crippen LogP contribution >= 0.6 is 0 Å². The van der Waals surface area contributed by atoms with E-state index in [-0.39, 0.29) is 0 Å². The van der Waals surface area contributed by atoms with E-state index in [1.165, 1.54) is 11.9 Å². The van der Waals surface area contributed by atoms with Crippen molar-refractivity contribution >= 4 is 12.0 Å². The molecule has 1 atom stereocenters. The summed E-state index contributed by atoms with van der Waals surface area (Å²) in [5, 5.41) is 9.09. The molecule has 1 aliphatic heterocycles. The highest BCUT2D eigenvalue weighted by molar-refractivity contribution is 5.82. The quantitative estimate of drug-likeness (QED) is 0.842. The first kappa shape index (κ1) is 14.7. The van der Waals surface area contributed by atoms with Crippen LogP contribution in [0.4, 0.5) is 13.6 Å². The molecule has 1 N–H and O–H groups in total. The van der Waals surface area contributed by atoms with Gasteiger partial charge in [0.25, 0.3) is 6.43 Å². The van der Waals surface area contributed by atoms with Crippen LogP contribution in [0.2, 0.25) is 0 Å². The van der Waals surface area contributed by atoms with Gasteiger partial charge in [0.15, 0.2) is 0 Å². The van der Waals surface area contributed by atoms with Gasteiger partial charge in [-0.1, -0.05) is 12.8 Å². The highest BCUT2D eigenvalue weighted by atomic mass is 19.3. The Morgan fingerprint density at radius 2 is 2.06 bits per heavy atom. The van der Waals surface area contributed by atoms with E-state index in [1.54, 1.807) is 0 Å². The van der Waals surface area contributed by atoms with Crippen molar-refractivity contribution in [3.8, 4) is 0 Å². The Balaban J connectivity index is 2.75. The molecule has 0 aromatic rings. The highest BCUT2D eigenvalue weighted by Gasteiger charge is 2.32. The molecule has 104 valence electrons. The summed E-state index contributed by atoms with van der Waals surface area (Å²) in [5.74, 6) is -1.07. The number of amides is 2. The zero-order valence-electron chi connectivity index (χ0n) is 10.3. The van der Waals surface area contributed by atoms with E-state index in [0.717, 1.165) is 17.7 Å². The minimum absolute atomic E-state index is 0.309. The average molecular weight is 264 g/mol. The van der Waals surface area contributed by atoms with E-state index >= 15 is 0 Å². The number of halogens is 2. The summed E-state index contributed by atoms with van der Waals surface area (Å²) in [5.41, 5.74) is 0. The number of hydrogen-bond donors (Lipinski definition) is 1. The summed E-state index contributed by atoms with van der Waals surface area (Å²) in [7, 11) is 1.26. The zero-order chi connectivity index (χ0) is 13.7. The molecule has 7 heteroatoms. The molecule has 0 aromatic heterocycles. The second-order valence-corrected chi connectivity index (χ2v) is 4.45. The minimum atomic E-state index is -2.62. The maximum atomic E-state index is 12.2. The van der Waals surface area contributed by atoms with Crippen LogP contribution in [0.1, 0.15) is 25.7 Å². The standard InChI is InChI=1S/C11H18F2N2O3/c1-14(7-9(12)13)11(18)15-6-4-2-3-5-8(15)10(16)17/h8-9H,2-7H2,1H3,(H,16,17). The van der Waals surface area contributed by atoms with Gasteiger partial charge < -0.3 is 14.9 Å². The number of alkyl halides is 2. The molecule has 1 unspecified atom stereocenters. The second-order valence-electron chi connectivity index (χ2n) is 4.45. The van der Waals surface area contributed by atoms with Crippen molar-refractivity contribution in [3.05, 3.63) is 0 Å². The second kappa shape index (κ2) is 6.51. The summed E-state index contributed by atoms with van der Waals surface area (Å²) in [4.78, 5) is 25.1. The first-order chi connectivity index (χ1) is 8.43. The monoisotopic (exact) mass is 264 g/mol. The van der Waals surface area contributed by atoms with Crippen molar-refractivity contribution in [2.45, 2.75) is 38.2 Å². The fourth-order valence-electron chi connectivity index (χ4n) is 2.10. The van der Waals surface area contributed by atoms with Crippen LogP contribution in [0.3, 0.4) is 0 Å². The van der Waals surface area contributed by atoms with Crippen LogP contribution in [-0.4, -0.2) is 59.5 Å². The molecule has 5 nitrogen and oxygen atoms in total. The van der Waals surface area contributed by atoms with E-state index in [0.29, 0.717) is 19.4 Å². The van der Waals surface area contributed by atoms with Gasteiger partial charge in [0.1, 0.15) is 6.04 Å². The molecular formula is C11H18F2N2O3. The number of carboxylic acids is 1. The Morgan fingerprint density at radius 3 is 2.61 bits per heavy atom. The van der Waals surface area contributed by atoms with E-state index in [1.807, 2.05) is 0 Å². The molecule has 0 spiro atoms. The lowest BCUT2D eigenvalue weighted by Gasteiger charge is -2.31. The largest absolute Gasteiger partial charge is 0.480 e. The highest BCUT2D eigenvalue weighted by Crippen LogP contribution is 2.18. The van der Waals surface area contributed by atoms with Crippen LogP contribution in [0.5, 0.6) is 0 Å². The van der Waals surface area contributed by atoms with Gasteiger partial charge in [0.05, 0.1) is 6.54 Å². The molecule has 1 heterocycles. The van der Waals surface area contributed by atoms with Crippen molar-refractivity contribution in [1.82, 2.24) is 9.80 Å². The minimum Gasteiger partial charge on any atom is -0.480 e. The van der Waals surface area contributed by atoms with Gasteiger partial charge >= 0.3 is 12.0 Å². The third kappa shape index (κ3) is 3.82. The van der Waals surface area contributed by atoms with Crippen molar-refractivity contribution in [2.24, 2.45) is 0 Å². The maximum Gasteiger partial charge on any atom is 0.326 e. The lowest BCUT2D eigenvalue weighted by Crippen LogP contribution is -2.50. The maximum absolute atomic E-state index is 12.2. The predicted octanol–water partition coefficient (Wildman–Crippen LogP) is 1.63. The van der Waals surface area contributed by atoms with Crippen LogP contribution in [0.25, 0.3) is 0 Å². The normalized spacial score (nSPS) is 20.7. The molecule has 0 bridgehead atoms. The third-order valence-corrected chi connectivity index (χ3v) is 3.02. The predicted molar refractivity (Wildman–Crippen MR) is 60.6 cm³/mol. The molecule has 0 radical (unpaired) electrons. The fourth-order valence-corrected chi connectivity index (χ4v) is 2.10. The molecule has 0 aliphatic carbocycles. The van der Waals surface area contributed by atoms with Crippen LogP contribution in [-0.2, 0) is 4.79 Å². The number of likely N-dealkylation sites (tertiary alicyclic amines) is 1. The summed E-state index contributed by atoms with van der Waals surface area (Å²) in [6.45, 7) is -0.370. The molecule has 1 rings (SSSR count). The summed E-state index contributed by atoms with van der Waals surface area (Å²) >= 11 is 0. The number of rotatable bonds is 3. The number of carbonyl (C=O) groups excluding carboxylic acids is 1. The van der Waals surface area contributed by atoms with Gasteiger partial charge in [-0.15, -0.1) is 0 Å². The van der Waals surface area contributed by atoms with Gasteiger partial charge in [-0.25, -0.2) is 18.4 Å². The lowest BCUT2D eigenvalue weighted by molar-refractivity contribution is -0.142. The fraction of sp³-hybridized carbons (Fsp3) is 0.818. The van der Waals surface area contributed by atoms with E-state index < -0.39 is 31.0 Å². The van der Waals surface area contributed by atoms with Crippen LogP contribution in [0.15, 0.2) is 0 Å². The van der Waals surface area contributed by atoms with Gasteiger partial charge in [0.2, 0.25) is 0 Å². The third-order valence-electron chi connectivity index (χ3n) is 3.02. The number of nitrogens with zero attached hydrogens (tertiary/aromatic N) is 2. The number of hydrogen-bond acceptors (Lipinski definition) is 2. The van der Waals surface area contributed by atoms with Gasteiger partial charge in [0, 0.05) is 13.6 Å². The van der Waals surface area contributed by atoms with Crippen molar-refractivity contribution in [1.29, 1.82) is 0 Å². The van der Waals surface area contributed by atoms with Gasteiger partial charge in [-0.2, -0.15) is 0 Å². The molecule has 1 aliphatic rings. The van der Waals surface area contributed by atoms with Crippen LogP contribution < -0.4 is 0 Å². The first-order valence-electron chi connectivity index (χ1n) is 5.96. The smallest absolute Gasteiger partial charge is 0.326 e. The molecular weight excluding hydrogens is 246 g/mol. The van der Waals surface area contributed by atoms with Crippen LogP contribution in [0, 0.1) is 0 Å². The van der Waals surface area contributed by atoms with E-state index in [2.05, 4.69) is 0 Å². The summed E-state index contributed by atoms with van der Waals surface area (Å²) in [6, 6.07) is -1.54. The topological polar surface area (TPSA) is 60.9 Å². The Labute approximate surface area is 104 Å². The summed E-state index contributed by atoms with van der Waals surface area (Å²) in [6.07, 6.45) is 0.0572. The van der Waals surface area contributed by atoms with Gasteiger partial charge in [-0.3, -0.25) is 0 Å². The van der Waals surface area contributed by atoms with E-state index in [9.17, 15) is 18.4 Å². The number of urea groups is 1. The van der Waals surface area contributed by atoms with Gasteiger partial charge in [-0.05, 0) is 12.8 Å². The molecule has 18 heavy (non-hydrogen) atoms. The SMILES string of the molecule is CN(CC(F)F)C(=O)N1CCCCCC1C(=O)O. The Bertz CT molecular complexity index is 313. The zero-order valence-corrected chi connectivity index (χ0v) is 10.3. The Hall–Kier alpha value is -1.40. The van der Waals surface area contributed by atoms with Crippen molar-refractivity contribution < 1.29 is 23.5 Å². The average Bonchev–Trinajstić information content (AvgIpc) is 2.52. The first-order valence-corrected chi connectivity index (χ1v) is 5.96. The Kier molecular flexibility index (Phi) is 5.30. The number of carbonyl (C=O) groups is 2. The molecule has 2 amide bonds. The number of carboxylic acid groups (broad SMARTS) is 1. The van der Waals surface area contributed by atoms with Crippen molar-refractivity contribution in [2.75, 3.05) is 20.1 Å². The molecule has 0 aromatic carbocycles. The lowest BCUT2D eigenvalue weighted by atomic mass is 10.1. The van der Waals surface area contributed by atoms with Crippen molar-refractivity contribution in [3.63, 3.8) is 0 Å².